The molecule has 1 heterocycles. The SMILES string of the molecule is CCC(C)/C(=C\C(=N)C(=O)N[C@H]1CNc2ccccc2N(C)C1=O)Cc1ccccc1. The first-order valence-electron chi connectivity index (χ1n) is 10.6. The fraction of sp³-hybridized carbons (Fsp3) is 0.320. The topological polar surface area (TPSA) is 85.3 Å². The number of allylic oxidation sites excluding steroid dienone is 1. The van der Waals surface area contributed by atoms with E-state index in [2.05, 4.69) is 24.5 Å². The van der Waals surface area contributed by atoms with E-state index in [4.69, 9.17) is 5.41 Å². The van der Waals surface area contributed by atoms with E-state index >= 15 is 0 Å². The number of amides is 2. The van der Waals surface area contributed by atoms with Gasteiger partial charge >= 0.3 is 0 Å². The molecule has 31 heavy (non-hydrogen) atoms. The minimum atomic E-state index is -0.750. The lowest BCUT2D eigenvalue weighted by atomic mass is 9.91. The molecule has 0 saturated carbocycles. The normalized spacial score (nSPS) is 17.3. The van der Waals surface area contributed by atoms with Gasteiger partial charge in [0, 0.05) is 13.6 Å². The maximum absolute atomic E-state index is 12.9. The van der Waals surface area contributed by atoms with Gasteiger partial charge in [-0.05, 0) is 42.5 Å². The molecule has 0 spiro atoms. The van der Waals surface area contributed by atoms with Crippen molar-refractivity contribution in [1.29, 1.82) is 5.41 Å². The zero-order chi connectivity index (χ0) is 22.4. The van der Waals surface area contributed by atoms with Crippen LogP contribution in [0.1, 0.15) is 25.8 Å². The van der Waals surface area contributed by atoms with Crippen molar-refractivity contribution >= 4 is 28.9 Å². The number of nitrogens with zero attached hydrogens (tertiary/aromatic N) is 1. The minimum absolute atomic E-state index is 0.136. The predicted molar refractivity (Wildman–Crippen MR) is 126 cm³/mol. The number of carbonyl (C=O) groups excluding carboxylic acids is 2. The molecule has 0 radical (unpaired) electrons. The van der Waals surface area contributed by atoms with E-state index in [1.807, 2.05) is 54.6 Å². The number of carbonyl (C=O) groups is 2. The number of rotatable bonds is 7. The number of para-hydroxylation sites is 2. The second-order valence-corrected chi connectivity index (χ2v) is 7.93. The van der Waals surface area contributed by atoms with Crippen molar-refractivity contribution < 1.29 is 9.59 Å². The number of nitrogens with one attached hydrogen (secondary N) is 3. The van der Waals surface area contributed by atoms with E-state index in [-0.39, 0.29) is 24.1 Å². The number of likely N-dealkylation sites (N-methyl/N-ethyl adjacent to an activating group) is 1. The van der Waals surface area contributed by atoms with E-state index in [1.165, 1.54) is 0 Å². The molecule has 1 unspecified atom stereocenters. The lowest BCUT2D eigenvalue weighted by Gasteiger charge is -2.21. The summed E-state index contributed by atoms with van der Waals surface area (Å²) in [5, 5.41) is 14.3. The largest absolute Gasteiger partial charge is 0.381 e. The van der Waals surface area contributed by atoms with Gasteiger partial charge < -0.3 is 15.5 Å². The molecule has 0 aromatic heterocycles. The molecule has 162 valence electrons. The van der Waals surface area contributed by atoms with Gasteiger partial charge in [0.25, 0.3) is 11.8 Å². The van der Waals surface area contributed by atoms with Crippen LogP contribution in [0.3, 0.4) is 0 Å². The van der Waals surface area contributed by atoms with Gasteiger partial charge in [0.1, 0.15) is 11.8 Å². The molecule has 0 saturated heterocycles. The third-order valence-corrected chi connectivity index (χ3v) is 5.77. The quantitative estimate of drug-likeness (QED) is 0.598. The molecule has 3 N–H and O–H groups in total. The number of hydrogen-bond acceptors (Lipinski definition) is 4. The highest BCUT2D eigenvalue weighted by atomic mass is 16.2. The summed E-state index contributed by atoms with van der Waals surface area (Å²) in [4.78, 5) is 27.2. The lowest BCUT2D eigenvalue weighted by Crippen LogP contribution is -2.51. The Hall–Kier alpha value is -3.41. The molecule has 0 bridgehead atoms. The third kappa shape index (κ3) is 5.40. The van der Waals surface area contributed by atoms with Crippen LogP contribution in [0.4, 0.5) is 11.4 Å². The van der Waals surface area contributed by atoms with Crippen molar-refractivity contribution in [3.63, 3.8) is 0 Å². The van der Waals surface area contributed by atoms with Crippen LogP contribution in [-0.2, 0) is 16.0 Å². The Morgan fingerprint density at radius 1 is 1.23 bits per heavy atom. The Balaban J connectivity index is 1.72. The predicted octanol–water partition coefficient (Wildman–Crippen LogP) is 3.79. The van der Waals surface area contributed by atoms with Crippen LogP contribution < -0.4 is 15.5 Å². The molecule has 1 aliphatic heterocycles. The van der Waals surface area contributed by atoms with Crippen LogP contribution in [0.15, 0.2) is 66.2 Å². The number of hydrogen-bond donors (Lipinski definition) is 3. The van der Waals surface area contributed by atoms with E-state index in [1.54, 1.807) is 18.0 Å². The summed E-state index contributed by atoms with van der Waals surface area (Å²) in [5.41, 5.74) is 3.64. The standard InChI is InChI=1S/C25H30N4O2/c1-4-17(2)19(14-18-10-6-5-7-11-18)15-20(26)24(30)28-22-16-27-21-12-8-9-13-23(21)29(3)25(22)31/h5-13,15,17,22,26-27H,4,14,16H2,1-3H3,(H,28,30)/b19-15-,26-20?/t17?,22-/m0/s1. The molecule has 2 aromatic rings. The van der Waals surface area contributed by atoms with E-state index in [0.29, 0.717) is 6.42 Å². The highest BCUT2D eigenvalue weighted by Gasteiger charge is 2.29. The summed E-state index contributed by atoms with van der Waals surface area (Å²) < 4.78 is 0. The fourth-order valence-electron chi connectivity index (χ4n) is 3.63. The van der Waals surface area contributed by atoms with Crippen molar-refractivity contribution in [2.45, 2.75) is 32.7 Å². The fourth-order valence-corrected chi connectivity index (χ4v) is 3.63. The Bertz CT molecular complexity index is 984. The number of benzene rings is 2. The molecule has 3 rings (SSSR count). The lowest BCUT2D eigenvalue weighted by molar-refractivity contribution is -0.124. The smallest absolute Gasteiger partial charge is 0.269 e. The molecule has 2 aromatic carbocycles. The average Bonchev–Trinajstić information content (AvgIpc) is 2.91. The molecule has 2 amide bonds. The maximum atomic E-state index is 12.9. The first-order valence-corrected chi connectivity index (χ1v) is 10.6. The second kappa shape index (κ2) is 10.1. The Morgan fingerprint density at radius 2 is 1.90 bits per heavy atom. The minimum Gasteiger partial charge on any atom is -0.381 e. The van der Waals surface area contributed by atoms with Crippen LogP contribution >= 0.6 is 0 Å². The van der Waals surface area contributed by atoms with E-state index < -0.39 is 11.9 Å². The summed E-state index contributed by atoms with van der Waals surface area (Å²) in [6, 6.07) is 16.8. The van der Waals surface area contributed by atoms with Crippen LogP contribution in [0.25, 0.3) is 0 Å². The van der Waals surface area contributed by atoms with Crippen molar-refractivity contribution in [1.82, 2.24) is 5.32 Å². The Morgan fingerprint density at radius 3 is 2.61 bits per heavy atom. The maximum Gasteiger partial charge on any atom is 0.269 e. The van der Waals surface area contributed by atoms with Gasteiger partial charge in [-0.25, -0.2) is 0 Å². The zero-order valence-electron chi connectivity index (χ0n) is 18.3. The van der Waals surface area contributed by atoms with Crippen molar-refractivity contribution in [3.05, 3.63) is 71.8 Å². The first-order chi connectivity index (χ1) is 14.9. The second-order valence-electron chi connectivity index (χ2n) is 7.93. The molecule has 0 fully saturated rings. The zero-order valence-corrected chi connectivity index (χ0v) is 18.3. The highest BCUT2D eigenvalue weighted by molar-refractivity contribution is 6.42. The van der Waals surface area contributed by atoms with E-state index in [0.717, 1.165) is 28.9 Å². The summed E-state index contributed by atoms with van der Waals surface area (Å²) in [6.07, 6.45) is 3.26. The van der Waals surface area contributed by atoms with Gasteiger partial charge in [-0.1, -0.05) is 61.9 Å². The van der Waals surface area contributed by atoms with Crippen LogP contribution in [0.5, 0.6) is 0 Å². The first kappa shape index (κ1) is 22.3. The van der Waals surface area contributed by atoms with Gasteiger partial charge in [-0.2, -0.15) is 0 Å². The summed E-state index contributed by atoms with van der Waals surface area (Å²) in [5.74, 6) is -0.516. The Kier molecular flexibility index (Phi) is 7.23. The molecule has 6 heteroatoms. The summed E-state index contributed by atoms with van der Waals surface area (Å²) in [6.45, 7) is 4.46. The summed E-state index contributed by atoms with van der Waals surface area (Å²) in [7, 11) is 1.69. The van der Waals surface area contributed by atoms with Gasteiger partial charge in [0.15, 0.2) is 0 Å². The molecular formula is C25H30N4O2. The van der Waals surface area contributed by atoms with Crippen molar-refractivity contribution in [2.75, 3.05) is 23.8 Å². The van der Waals surface area contributed by atoms with Crippen LogP contribution in [0.2, 0.25) is 0 Å². The van der Waals surface area contributed by atoms with Gasteiger partial charge in [0.05, 0.1) is 11.4 Å². The highest BCUT2D eigenvalue weighted by Crippen LogP contribution is 2.27. The number of anilines is 2. The van der Waals surface area contributed by atoms with Crippen molar-refractivity contribution in [3.8, 4) is 0 Å². The summed E-state index contributed by atoms with van der Waals surface area (Å²) >= 11 is 0. The molecular weight excluding hydrogens is 388 g/mol. The van der Waals surface area contributed by atoms with Gasteiger partial charge in [0.2, 0.25) is 0 Å². The molecule has 0 aliphatic carbocycles. The van der Waals surface area contributed by atoms with Crippen LogP contribution in [0, 0.1) is 11.3 Å². The van der Waals surface area contributed by atoms with Crippen molar-refractivity contribution in [2.24, 2.45) is 5.92 Å². The van der Waals surface area contributed by atoms with E-state index in [9.17, 15) is 9.59 Å². The monoisotopic (exact) mass is 418 g/mol. The molecule has 2 atom stereocenters. The third-order valence-electron chi connectivity index (χ3n) is 5.77. The van der Waals surface area contributed by atoms with Gasteiger partial charge in [-0.15, -0.1) is 0 Å². The molecule has 1 aliphatic rings. The Labute approximate surface area is 183 Å². The average molecular weight is 419 g/mol. The number of fused-ring (bicyclic) bond motifs is 1. The van der Waals surface area contributed by atoms with Crippen LogP contribution in [-0.4, -0.2) is 37.2 Å². The molecule has 6 nitrogen and oxygen atoms in total. The van der Waals surface area contributed by atoms with Gasteiger partial charge in [-0.3, -0.25) is 15.0 Å².